The van der Waals surface area contributed by atoms with E-state index < -0.39 is 14.6 Å². The number of nitriles is 1. The highest BCUT2D eigenvalue weighted by Crippen LogP contribution is 2.42. The average Bonchev–Trinajstić information content (AvgIpc) is 3.38. The third-order valence-corrected chi connectivity index (χ3v) is 10.5. The maximum Gasteiger partial charge on any atom is 0.227 e. The number of sulfone groups is 1. The van der Waals surface area contributed by atoms with Crippen LogP contribution in [0.4, 0.5) is 11.5 Å². The average molecular weight is 542 g/mol. The lowest BCUT2D eigenvalue weighted by molar-refractivity contribution is 0.277. The van der Waals surface area contributed by atoms with Gasteiger partial charge in [-0.05, 0) is 68.5 Å². The van der Waals surface area contributed by atoms with Crippen molar-refractivity contribution in [2.24, 2.45) is 5.92 Å². The van der Waals surface area contributed by atoms with Crippen LogP contribution < -0.4 is 10.1 Å². The highest BCUT2D eigenvalue weighted by atomic mass is 32.2. The highest BCUT2D eigenvalue weighted by Gasteiger charge is 2.43. The molecule has 200 valence electrons. The Morgan fingerprint density at radius 2 is 1.92 bits per heavy atom. The Morgan fingerprint density at radius 3 is 2.72 bits per heavy atom. The van der Waals surface area contributed by atoms with E-state index in [2.05, 4.69) is 16.4 Å². The number of hydrogen-bond donors (Lipinski definition) is 1. The first-order chi connectivity index (χ1) is 18.8. The van der Waals surface area contributed by atoms with Crippen LogP contribution in [0.3, 0.4) is 0 Å². The fourth-order valence-corrected chi connectivity index (χ4v) is 7.50. The number of anilines is 2. The minimum atomic E-state index is -3.38. The summed E-state index contributed by atoms with van der Waals surface area (Å²) in [4.78, 5) is 4.95. The third-order valence-electron chi connectivity index (χ3n) is 7.97. The predicted molar refractivity (Wildman–Crippen MR) is 150 cm³/mol. The van der Waals surface area contributed by atoms with E-state index >= 15 is 0 Å². The number of rotatable bonds is 6. The maximum atomic E-state index is 12.9. The van der Waals surface area contributed by atoms with Crippen molar-refractivity contribution in [1.29, 1.82) is 5.26 Å². The van der Waals surface area contributed by atoms with Gasteiger partial charge in [0.2, 0.25) is 5.88 Å². The van der Waals surface area contributed by atoms with Crippen LogP contribution in [-0.4, -0.2) is 27.9 Å². The van der Waals surface area contributed by atoms with E-state index in [0.29, 0.717) is 29.6 Å². The Balaban J connectivity index is 1.42. The molecule has 2 unspecified atom stereocenters. The summed E-state index contributed by atoms with van der Waals surface area (Å²) in [5, 5.41) is 19.0. The molecule has 8 nitrogen and oxygen atoms in total. The molecule has 2 atom stereocenters. The van der Waals surface area contributed by atoms with Gasteiger partial charge in [0, 0.05) is 11.9 Å². The molecule has 2 aromatic heterocycles. The summed E-state index contributed by atoms with van der Waals surface area (Å²) in [6.45, 7) is 3.89. The van der Waals surface area contributed by atoms with Gasteiger partial charge in [-0.2, -0.15) is 10.4 Å². The summed E-state index contributed by atoms with van der Waals surface area (Å²) >= 11 is 0. The molecule has 0 bridgehead atoms. The van der Waals surface area contributed by atoms with Crippen molar-refractivity contribution >= 4 is 32.2 Å². The summed E-state index contributed by atoms with van der Waals surface area (Å²) in [6, 6.07) is 19.6. The van der Waals surface area contributed by atoms with Gasteiger partial charge in [-0.3, -0.25) is 4.68 Å². The summed E-state index contributed by atoms with van der Waals surface area (Å²) < 4.78 is 33.2. The molecular weight excluding hydrogens is 510 g/mol. The van der Waals surface area contributed by atoms with Crippen molar-refractivity contribution in [3.63, 3.8) is 0 Å². The van der Waals surface area contributed by atoms with Crippen molar-refractivity contribution < 1.29 is 13.2 Å². The van der Waals surface area contributed by atoms with E-state index in [-0.39, 0.29) is 12.0 Å². The largest absolute Gasteiger partial charge is 0.472 e. The van der Waals surface area contributed by atoms with Gasteiger partial charge in [-0.25, -0.2) is 13.4 Å². The fraction of sp³-hybridized carbons (Fsp3) is 0.367. The molecule has 4 aromatic rings. The SMILES string of the molecule is CC1(C)Cc2cc(Nc3nn(C4CCCCC4C#N)c4ccnc(OCc5ccccc5)c34)ccc2S1(=O)=O. The monoisotopic (exact) mass is 541 g/mol. The van der Waals surface area contributed by atoms with Gasteiger partial charge < -0.3 is 10.1 Å². The molecule has 1 fully saturated rings. The maximum absolute atomic E-state index is 12.9. The quantitative estimate of drug-likeness (QED) is 0.313. The Kier molecular flexibility index (Phi) is 6.31. The van der Waals surface area contributed by atoms with E-state index in [0.717, 1.165) is 53.4 Å². The minimum absolute atomic E-state index is 0.0443. The molecule has 1 N–H and O–H groups in total. The molecule has 0 spiro atoms. The zero-order valence-corrected chi connectivity index (χ0v) is 22.9. The molecule has 0 saturated heterocycles. The topological polar surface area (TPSA) is 110 Å². The number of fused-ring (bicyclic) bond motifs is 2. The fourth-order valence-electron chi connectivity index (χ4n) is 5.83. The Bertz CT molecular complexity index is 1690. The number of hydrogen-bond acceptors (Lipinski definition) is 7. The molecule has 9 heteroatoms. The number of nitrogens with zero attached hydrogens (tertiary/aromatic N) is 4. The third kappa shape index (κ3) is 4.43. The summed E-state index contributed by atoms with van der Waals surface area (Å²) in [5.41, 5.74) is 3.42. The van der Waals surface area contributed by atoms with Crippen LogP contribution in [0.5, 0.6) is 5.88 Å². The number of nitrogens with one attached hydrogen (secondary N) is 1. The van der Waals surface area contributed by atoms with Gasteiger partial charge in [-0.15, -0.1) is 0 Å². The van der Waals surface area contributed by atoms with E-state index in [4.69, 9.17) is 9.84 Å². The number of benzene rings is 2. The molecule has 1 aliphatic carbocycles. The summed E-state index contributed by atoms with van der Waals surface area (Å²) in [5.74, 6) is 0.909. The number of aromatic nitrogens is 3. The van der Waals surface area contributed by atoms with Crippen LogP contribution in [0.1, 0.15) is 56.7 Å². The zero-order chi connectivity index (χ0) is 27.2. The van der Waals surface area contributed by atoms with E-state index in [1.807, 2.05) is 47.1 Å². The lowest BCUT2D eigenvalue weighted by Crippen LogP contribution is -2.27. The number of pyridine rings is 1. The summed E-state index contributed by atoms with van der Waals surface area (Å²) in [7, 11) is -3.38. The van der Waals surface area contributed by atoms with Gasteiger partial charge in [0.25, 0.3) is 0 Å². The van der Waals surface area contributed by atoms with Crippen LogP contribution in [0.15, 0.2) is 65.7 Å². The first-order valence-electron chi connectivity index (χ1n) is 13.4. The van der Waals surface area contributed by atoms with Crippen molar-refractivity contribution in [3.05, 3.63) is 71.9 Å². The van der Waals surface area contributed by atoms with Crippen molar-refractivity contribution in [2.45, 2.75) is 68.2 Å². The second-order valence-electron chi connectivity index (χ2n) is 11.1. The molecule has 0 radical (unpaired) electrons. The smallest absolute Gasteiger partial charge is 0.227 e. The number of ether oxygens (including phenoxy) is 1. The van der Waals surface area contributed by atoms with Crippen LogP contribution in [0, 0.1) is 17.2 Å². The van der Waals surface area contributed by atoms with Crippen molar-refractivity contribution in [3.8, 4) is 11.9 Å². The second-order valence-corrected chi connectivity index (χ2v) is 13.6. The minimum Gasteiger partial charge on any atom is -0.472 e. The van der Waals surface area contributed by atoms with Gasteiger partial charge >= 0.3 is 0 Å². The van der Waals surface area contributed by atoms with Crippen LogP contribution in [-0.2, 0) is 22.9 Å². The molecule has 2 aliphatic rings. The van der Waals surface area contributed by atoms with Gasteiger partial charge in [-0.1, -0.05) is 43.2 Å². The van der Waals surface area contributed by atoms with Gasteiger partial charge in [0.15, 0.2) is 15.7 Å². The van der Waals surface area contributed by atoms with E-state index in [1.165, 1.54) is 0 Å². The first kappa shape index (κ1) is 25.4. The van der Waals surface area contributed by atoms with Crippen LogP contribution in [0.25, 0.3) is 10.9 Å². The molecule has 6 rings (SSSR count). The second kappa shape index (κ2) is 9.69. The molecular formula is C30H31N5O3S. The van der Waals surface area contributed by atoms with Gasteiger partial charge in [0.1, 0.15) is 12.0 Å². The normalized spacial score (nSPS) is 21.3. The molecule has 1 aliphatic heterocycles. The highest BCUT2D eigenvalue weighted by molar-refractivity contribution is 7.93. The first-order valence-corrected chi connectivity index (χ1v) is 14.8. The molecule has 2 aromatic carbocycles. The molecule has 3 heterocycles. The molecule has 1 saturated carbocycles. The molecule has 39 heavy (non-hydrogen) atoms. The summed E-state index contributed by atoms with van der Waals surface area (Å²) in [6.07, 6.45) is 5.99. The lowest BCUT2D eigenvalue weighted by atomic mass is 9.85. The van der Waals surface area contributed by atoms with E-state index in [9.17, 15) is 13.7 Å². The Morgan fingerprint density at radius 1 is 1.13 bits per heavy atom. The molecule has 0 amide bonds. The standard InChI is InChI=1S/C30H31N5O3S/c1-30(2)17-22-16-23(12-13-26(22)39(30,36)37)33-28-27-25(35(34-28)24-11-7-6-10-21(24)18-31)14-15-32-29(27)38-19-20-8-4-3-5-9-20/h3-5,8-9,12-16,21,24H,6-7,10-11,17,19H2,1-2H3,(H,33,34). The van der Waals surface area contributed by atoms with Crippen molar-refractivity contribution in [2.75, 3.05) is 5.32 Å². The Labute approximate surface area is 228 Å². The van der Waals surface area contributed by atoms with Crippen LogP contribution in [0.2, 0.25) is 0 Å². The van der Waals surface area contributed by atoms with Crippen LogP contribution >= 0.6 is 0 Å². The predicted octanol–water partition coefficient (Wildman–Crippen LogP) is 6.12. The zero-order valence-electron chi connectivity index (χ0n) is 22.1. The Hall–Kier alpha value is -3.90. The van der Waals surface area contributed by atoms with E-state index in [1.54, 1.807) is 32.2 Å². The van der Waals surface area contributed by atoms with Crippen molar-refractivity contribution in [1.82, 2.24) is 14.8 Å². The van der Waals surface area contributed by atoms with Gasteiger partial charge in [0.05, 0.1) is 33.2 Å². The lowest BCUT2D eigenvalue weighted by Gasteiger charge is -2.27.